The van der Waals surface area contributed by atoms with Crippen LogP contribution in [0.5, 0.6) is 51.7 Å². The first kappa shape index (κ1) is 62.6. The molecule has 0 fully saturated rings. The molecule has 0 aliphatic rings. The van der Waals surface area contributed by atoms with Gasteiger partial charge in [-0.2, -0.15) is 0 Å². The van der Waals surface area contributed by atoms with Gasteiger partial charge in [-0.3, -0.25) is 9.36 Å². The van der Waals surface area contributed by atoms with Gasteiger partial charge in [-0.1, -0.05) is 97.1 Å². The van der Waals surface area contributed by atoms with E-state index in [1.165, 1.54) is 6.92 Å². The van der Waals surface area contributed by atoms with Gasteiger partial charge in [0, 0.05) is 92.5 Å². The maximum Gasteiger partial charge on any atom is 0.327 e. The normalized spacial score (nSPS) is 11.1. The fourth-order valence-corrected chi connectivity index (χ4v) is 10.9. The van der Waals surface area contributed by atoms with Crippen LogP contribution < -0.4 is 33.5 Å². The van der Waals surface area contributed by atoms with Crippen molar-refractivity contribution in [1.29, 1.82) is 0 Å². The molecule has 0 unspecified atom stereocenters. The second-order valence-electron chi connectivity index (χ2n) is 22.3. The van der Waals surface area contributed by atoms with Crippen LogP contribution in [0.1, 0.15) is 18.1 Å². The minimum absolute atomic E-state index is 0.0525. The first-order chi connectivity index (χ1) is 44.5. The molecule has 10 aromatic carbocycles. The van der Waals surface area contributed by atoms with Crippen LogP contribution in [0, 0.1) is 13.8 Å². The van der Waals surface area contributed by atoms with Crippen molar-refractivity contribution < 1.29 is 42.8 Å². The zero-order valence-electron chi connectivity index (χ0n) is 52.0. The second kappa shape index (κ2) is 28.3. The molecular weight excluding hydrogens is 1170 g/mol. The monoisotopic (exact) mass is 1240 g/mol. The summed E-state index contributed by atoms with van der Waals surface area (Å²) in [6.07, 6.45) is -0.346. The number of anilines is 2. The van der Waals surface area contributed by atoms with E-state index in [0.717, 1.165) is 107 Å². The molecular formula is C76H69N6O9P. The van der Waals surface area contributed by atoms with Gasteiger partial charge in [-0.05, 0) is 171 Å². The van der Waals surface area contributed by atoms with Gasteiger partial charge in [0.05, 0.1) is 28.9 Å². The largest absolute Gasteiger partial charge is 0.457 e. The smallest absolute Gasteiger partial charge is 0.327 e. The molecule has 0 spiro atoms. The van der Waals surface area contributed by atoms with E-state index in [1.54, 1.807) is 0 Å². The van der Waals surface area contributed by atoms with E-state index in [1.807, 2.05) is 305 Å². The quantitative estimate of drug-likeness (QED) is 0.0374. The first-order valence-corrected chi connectivity index (χ1v) is 31.7. The van der Waals surface area contributed by atoms with Crippen LogP contribution in [0.4, 0.5) is 11.4 Å². The molecule has 462 valence electrons. The molecule has 0 atom stereocenters. The number of hydrogen-bond acceptors (Lipinski definition) is 11. The molecule has 12 rings (SSSR count). The number of esters is 1. The number of aromatic amines is 1. The van der Waals surface area contributed by atoms with Crippen molar-refractivity contribution in [3.8, 4) is 120 Å². The minimum Gasteiger partial charge on any atom is -0.457 e. The van der Waals surface area contributed by atoms with Crippen molar-refractivity contribution in [2.45, 2.75) is 27.3 Å². The highest BCUT2D eigenvalue weighted by molar-refractivity contribution is 7.51. The van der Waals surface area contributed by atoms with E-state index in [2.05, 4.69) is 4.98 Å². The summed E-state index contributed by atoms with van der Waals surface area (Å²) in [6, 6.07) is 80.4. The van der Waals surface area contributed by atoms with Crippen molar-refractivity contribution in [2.75, 3.05) is 44.2 Å². The van der Waals surface area contributed by atoms with Crippen LogP contribution in [0.15, 0.2) is 249 Å². The maximum atomic E-state index is 12.1. The predicted molar refractivity (Wildman–Crippen MR) is 366 cm³/mol. The fourth-order valence-electron chi connectivity index (χ4n) is 10.5. The molecule has 16 heteroatoms. The Kier molecular flexibility index (Phi) is 19.2. The average molecular weight is 1240 g/mol. The highest BCUT2D eigenvalue weighted by atomic mass is 31.2. The number of aromatic nitrogens is 4. The third-order valence-electron chi connectivity index (χ3n) is 14.9. The van der Waals surface area contributed by atoms with Crippen LogP contribution in [0.2, 0.25) is 0 Å². The van der Waals surface area contributed by atoms with Gasteiger partial charge in [0.1, 0.15) is 63.4 Å². The maximum absolute atomic E-state index is 12.1. The lowest BCUT2D eigenvalue weighted by Crippen LogP contribution is -2.09. The standard InChI is InChI=1S/C45H32N2O4.C31H37N4O5P/c1-5-13-35(14-6-1)48-39-25-21-32(22-26-39)43-44(33-23-27-40(28-24-33)49-36-15-7-2-8-16-36)47-45(46-43)34-29-41(50-37-17-9-3-10-18-37)31-42(30-34)51-38-19-11-4-12-20-38;1-20-18-25(19-21(2)30(20)40-22(3)36)31-32-28(23-8-12-26(13-9-23)33(4)5)29(35(31)16-17-41(37,38)39)24-10-14-27(15-11-24)34(6)7/h1-31H,(H,46,47);8-15,18-19H,16-17H2,1-7H3,(H2,37,38,39). The Morgan fingerprint density at radius 2 is 0.848 bits per heavy atom. The number of benzene rings is 10. The summed E-state index contributed by atoms with van der Waals surface area (Å²) < 4.78 is 44.1. The molecule has 0 saturated heterocycles. The third-order valence-corrected chi connectivity index (χ3v) is 15.7. The van der Waals surface area contributed by atoms with E-state index in [-0.39, 0.29) is 12.7 Å². The molecule has 0 aliphatic carbocycles. The lowest BCUT2D eigenvalue weighted by molar-refractivity contribution is -0.132. The zero-order valence-corrected chi connectivity index (χ0v) is 52.9. The SMILES string of the molecule is CC(=O)Oc1c(C)cc(-c2nc(-c3ccc(N(C)C)cc3)c(-c3ccc(N(C)C)cc3)n2CCP(=O)(O)O)cc1C.c1ccc(Oc2ccc(-c3nc(-c4cc(Oc5ccccc5)cc(Oc5ccccc5)c4)[nH]c3-c3ccc(Oc4ccccc4)cc3)cc2)cc1. The number of carbonyl (C=O) groups excluding carboxylic acids is 1. The van der Waals surface area contributed by atoms with E-state index in [9.17, 15) is 19.1 Å². The Balaban J connectivity index is 0.000000194. The lowest BCUT2D eigenvalue weighted by Gasteiger charge is -2.17. The van der Waals surface area contributed by atoms with Crippen LogP contribution in [-0.2, 0) is 15.9 Å². The van der Waals surface area contributed by atoms with Crippen molar-refractivity contribution in [2.24, 2.45) is 0 Å². The molecule has 15 nitrogen and oxygen atoms in total. The van der Waals surface area contributed by atoms with Crippen LogP contribution in [0.25, 0.3) is 67.8 Å². The van der Waals surface area contributed by atoms with Crippen molar-refractivity contribution in [1.82, 2.24) is 19.5 Å². The summed E-state index contributed by atoms with van der Waals surface area (Å²) in [7, 11) is 3.58. The highest BCUT2D eigenvalue weighted by Crippen LogP contribution is 2.43. The zero-order chi connectivity index (χ0) is 64.3. The van der Waals surface area contributed by atoms with Crippen molar-refractivity contribution in [3.63, 3.8) is 0 Å². The number of ether oxygens (including phenoxy) is 5. The van der Waals surface area contributed by atoms with Crippen molar-refractivity contribution >= 4 is 24.9 Å². The van der Waals surface area contributed by atoms with Gasteiger partial charge in [0.15, 0.2) is 0 Å². The summed E-state index contributed by atoms with van der Waals surface area (Å²) in [4.78, 5) is 49.3. The summed E-state index contributed by atoms with van der Waals surface area (Å²) >= 11 is 0. The summed E-state index contributed by atoms with van der Waals surface area (Å²) in [5, 5.41) is 0. The summed E-state index contributed by atoms with van der Waals surface area (Å²) in [5.74, 6) is 7.02. The Hall–Kier alpha value is -11.0. The van der Waals surface area contributed by atoms with Gasteiger partial charge < -0.3 is 52.8 Å². The minimum atomic E-state index is -4.32. The number of rotatable bonds is 20. The Bertz CT molecular complexity index is 4320. The number of nitrogens with one attached hydrogen (secondary N) is 1. The van der Waals surface area contributed by atoms with Gasteiger partial charge in [-0.25, -0.2) is 9.97 Å². The predicted octanol–water partition coefficient (Wildman–Crippen LogP) is 18.3. The van der Waals surface area contributed by atoms with E-state index in [0.29, 0.717) is 34.6 Å². The van der Waals surface area contributed by atoms with Gasteiger partial charge in [-0.15, -0.1) is 0 Å². The van der Waals surface area contributed by atoms with Gasteiger partial charge >= 0.3 is 13.6 Å². The molecule has 0 amide bonds. The molecule has 0 saturated carbocycles. The molecule has 0 aliphatic heterocycles. The topological polar surface area (TPSA) is 174 Å². The number of aryl methyl sites for hydroxylation is 2. The van der Waals surface area contributed by atoms with E-state index < -0.39 is 13.6 Å². The number of para-hydroxylation sites is 4. The number of hydrogen-bond donors (Lipinski definition) is 3. The highest BCUT2D eigenvalue weighted by Gasteiger charge is 2.26. The Morgan fingerprint density at radius 3 is 1.27 bits per heavy atom. The molecule has 92 heavy (non-hydrogen) atoms. The molecule has 12 aromatic rings. The average Bonchev–Trinajstić information content (AvgIpc) is 1.62. The third kappa shape index (κ3) is 15.7. The van der Waals surface area contributed by atoms with Gasteiger partial charge in [0.25, 0.3) is 0 Å². The molecule has 3 N–H and O–H groups in total. The summed E-state index contributed by atoms with van der Waals surface area (Å²) in [5.41, 5.74) is 11.9. The molecule has 0 bridgehead atoms. The number of H-pyrrole nitrogens is 1. The van der Waals surface area contributed by atoms with E-state index in [4.69, 9.17) is 33.7 Å². The number of imidazole rings is 2. The first-order valence-electron chi connectivity index (χ1n) is 29.9. The van der Waals surface area contributed by atoms with Crippen LogP contribution >= 0.6 is 7.60 Å². The Labute approximate surface area is 535 Å². The van der Waals surface area contributed by atoms with Crippen LogP contribution in [-0.4, -0.2) is 69.6 Å². The van der Waals surface area contributed by atoms with E-state index >= 15 is 0 Å². The lowest BCUT2D eigenvalue weighted by atomic mass is 10.0. The molecule has 0 radical (unpaired) electrons. The number of carbonyl (C=O) groups is 1. The second-order valence-corrected chi connectivity index (χ2v) is 24.1. The van der Waals surface area contributed by atoms with Crippen molar-refractivity contribution in [3.05, 3.63) is 260 Å². The van der Waals surface area contributed by atoms with Crippen LogP contribution in [0.3, 0.4) is 0 Å². The van der Waals surface area contributed by atoms with Gasteiger partial charge in [0.2, 0.25) is 0 Å². The summed E-state index contributed by atoms with van der Waals surface area (Å²) in [6.45, 7) is 5.14. The molecule has 2 aromatic heterocycles. The number of nitrogens with zero attached hydrogens (tertiary/aromatic N) is 5. The Morgan fingerprint density at radius 1 is 0.457 bits per heavy atom. The molecule has 2 heterocycles. The fraction of sp³-hybridized carbons (Fsp3) is 0.118.